The molecule has 0 fully saturated rings. The van der Waals surface area contributed by atoms with Gasteiger partial charge in [-0.1, -0.05) is 12.1 Å². The molecule has 0 spiro atoms. The summed E-state index contributed by atoms with van der Waals surface area (Å²) in [6.45, 7) is 0.417. The van der Waals surface area contributed by atoms with Crippen LogP contribution in [0.15, 0.2) is 36.4 Å². The van der Waals surface area contributed by atoms with Gasteiger partial charge in [-0.2, -0.15) is 0 Å². The van der Waals surface area contributed by atoms with Gasteiger partial charge in [0.1, 0.15) is 5.82 Å². The molecule has 0 bridgehead atoms. The maximum Gasteiger partial charge on any atom is 0.131 e. The van der Waals surface area contributed by atoms with Crippen molar-refractivity contribution < 1.29 is 4.39 Å². The molecular formula is C13H10FIN. The van der Waals surface area contributed by atoms with Crippen LogP contribution in [0.2, 0.25) is 0 Å². The van der Waals surface area contributed by atoms with Crippen molar-refractivity contribution in [3.8, 4) is 11.1 Å². The van der Waals surface area contributed by atoms with E-state index in [1.165, 1.54) is 6.07 Å². The third-order valence-electron chi connectivity index (χ3n) is 2.37. The lowest BCUT2D eigenvalue weighted by atomic mass is 10.0. The van der Waals surface area contributed by atoms with E-state index in [0.717, 1.165) is 14.7 Å². The van der Waals surface area contributed by atoms with Gasteiger partial charge < -0.3 is 5.73 Å². The minimum absolute atomic E-state index is 0.227. The van der Waals surface area contributed by atoms with Crippen LogP contribution in [0.5, 0.6) is 0 Å². The highest BCUT2D eigenvalue weighted by Crippen LogP contribution is 2.27. The normalized spacial score (nSPS) is 10.4. The van der Waals surface area contributed by atoms with Gasteiger partial charge >= 0.3 is 0 Å². The van der Waals surface area contributed by atoms with E-state index in [1.807, 2.05) is 12.1 Å². The fourth-order valence-electron chi connectivity index (χ4n) is 1.52. The third kappa shape index (κ3) is 2.25. The van der Waals surface area contributed by atoms with Gasteiger partial charge in [0.2, 0.25) is 0 Å². The second kappa shape index (κ2) is 4.93. The predicted octanol–water partition coefficient (Wildman–Crippen LogP) is 3.36. The average molecular weight is 326 g/mol. The quantitative estimate of drug-likeness (QED) is 0.842. The summed E-state index contributed by atoms with van der Waals surface area (Å²) in [5.41, 5.74) is 7.92. The standard InChI is InChI=1S/C13H10FIN/c14-12-6-5-9(8-16)7-11(12)10-3-1-2-4-13(10)15/h2-7H,8,16H2. The first-order chi connectivity index (χ1) is 7.72. The zero-order valence-electron chi connectivity index (χ0n) is 8.50. The molecule has 0 unspecified atom stereocenters. The lowest BCUT2D eigenvalue weighted by Crippen LogP contribution is -1.97. The van der Waals surface area contributed by atoms with Crippen LogP contribution in [0.25, 0.3) is 11.1 Å². The summed E-state index contributed by atoms with van der Waals surface area (Å²) in [5, 5.41) is 0. The number of halogens is 2. The van der Waals surface area contributed by atoms with E-state index in [2.05, 4.69) is 28.7 Å². The Bertz CT molecular complexity index is 511. The molecule has 1 radical (unpaired) electrons. The third-order valence-corrected chi connectivity index (χ3v) is 3.31. The predicted molar refractivity (Wildman–Crippen MR) is 71.3 cm³/mol. The van der Waals surface area contributed by atoms with E-state index >= 15 is 0 Å². The van der Waals surface area contributed by atoms with Crippen LogP contribution < -0.4 is 5.73 Å². The Kier molecular flexibility index (Phi) is 3.56. The molecule has 2 aromatic carbocycles. The lowest BCUT2D eigenvalue weighted by molar-refractivity contribution is 0.630. The van der Waals surface area contributed by atoms with E-state index < -0.39 is 0 Å². The van der Waals surface area contributed by atoms with Crippen molar-refractivity contribution in [2.45, 2.75) is 6.54 Å². The molecule has 0 aromatic heterocycles. The maximum absolute atomic E-state index is 13.7. The van der Waals surface area contributed by atoms with E-state index in [-0.39, 0.29) is 5.82 Å². The number of benzene rings is 2. The molecule has 0 saturated carbocycles. The number of rotatable bonds is 2. The minimum Gasteiger partial charge on any atom is -0.326 e. The first kappa shape index (κ1) is 11.5. The summed E-state index contributed by atoms with van der Waals surface area (Å²) in [5.74, 6) is -0.227. The Morgan fingerprint density at radius 3 is 2.75 bits per heavy atom. The Labute approximate surface area is 108 Å². The van der Waals surface area contributed by atoms with Gasteiger partial charge in [-0.05, 0) is 64.0 Å². The molecule has 0 saturated heterocycles. The molecule has 1 nitrogen and oxygen atoms in total. The molecule has 81 valence electrons. The van der Waals surface area contributed by atoms with Gasteiger partial charge in [0.05, 0.1) is 0 Å². The Morgan fingerprint density at radius 2 is 2.06 bits per heavy atom. The SMILES string of the molecule is NCc1ccc(F)c(-c2c[c]ccc2I)c1. The molecular weight excluding hydrogens is 316 g/mol. The zero-order valence-corrected chi connectivity index (χ0v) is 10.7. The van der Waals surface area contributed by atoms with Crippen LogP contribution >= 0.6 is 22.6 Å². The first-order valence-electron chi connectivity index (χ1n) is 4.87. The van der Waals surface area contributed by atoms with Crippen molar-refractivity contribution >= 4 is 22.6 Å². The number of hydrogen-bond acceptors (Lipinski definition) is 1. The Balaban J connectivity index is 2.59. The number of hydrogen-bond donors (Lipinski definition) is 1. The first-order valence-corrected chi connectivity index (χ1v) is 5.94. The van der Waals surface area contributed by atoms with Crippen LogP contribution in [0.3, 0.4) is 0 Å². The molecule has 0 atom stereocenters. The highest BCUT2D eigenvalue weighted by atomic mass is 127. The maximum atomic E-state index is 13.7. The van der Waals surface area contributed by atoms with Crippen molar-refractivity contribution in [1.82, 2.24) is 0 Å². The highest BCUT2D eigenvalue weighted by molar-refractivity contribution is 14.1. The molecule has 3 heteroatoms. The minimum atomic E-state index is -0.227. The van der Waals surface area contributed by atoms with Gasteiger partial charge in [0.15, 0.2) is 0 Å². The Hall–Kier alpha value is -0.940. The fourth-order valence-corrected chi connectivity index (χ4v) is 2.15. The number of nitrogens with two attached hydrogens (primary N) is 1. The van der Waals surface area contributed by atoms with Gasteiger partial charge in [-0.3, -0.25) is 0 Å². The molecule has 0 aliphatic rings. The topological polar surface area (TPSA) is 26.0 Å². The average Bonchev–Trinajstić information content (AvgIpc) is 2.31. The molecule has 2 rings (SSSR count). The van der Waals surface area contributed by atoms with Crippen molar-refractivity contribution in [2.24, 2.45) is 5.73 Å². The molecule has 0 aliphatic heterocycles. The molecule has 2 aromatic rings. The molecule has 0 heterocycles. The highest BCUT2D eigenvalue weighted by Gasteiger charge is 2.08. The van der Waals surface area contributed by atoms with Crippen LogP contribution in [0, 0.1) is 15.5 Å². The zero-order chi connectivity index (χ0) is 11.5. The van der Waals surface area contributed by atoms with Gasteiger partial charge in [0.25, 0.3) is 0 Å². The van der Waals surface area contributed by atoms with Crippen LogP contribution in [0.1, 0.15) is 5.56 Å². The second-order valence-corrected chi connectivity index (χ2v) is 4.59. The van der Waals surface area contributed by atoms with E-state index in [9.17, 15) is 4.39 Å². The lowest BCUT2D eigenvalue weighted by Gasteiger charge is -2.07. The summed E-state index contributed by atoms with van der Waals surface area (Å²) < 4.78 is 14.7. The largest absolute Gasteiger partial charge is 0.326 e. The van der Waals surface area contributed by atoms with E-state index in [0.29, 0.717) is 12.1 Å². The summed E-state index contributed by atoms with van der Waals surface area (Å²) in [7, 11) is 0. The van der Waals surface area contributed by atoms with Crippen molar-refractivity contribution in [3.63, 3.8) is 0 Å². The molecule has 16 heavy (non-hydrogen) atoms. The summed E-state index contributed by atoms with van der Waals surface area (Å²) in [6.07, 6.45) is 0. The van der Waals surface area contributed by atoms with Gasteiger partial charge in [-0.25, -0.2) is 4.39 Å². The summed E-state index contributed by atoms with van der Waals surface area (Å²) in [6, 6.07) is 13.4. The van der Waals surface area contributed by atoms with E-state index in [4.69, 9.17) is 5.73 Å². The monoisotopic (exact) mass is 326 g/mol. The molecule has 0 aliphatic carbocycles. The van der Waals surface area contributed by atoms with Gasteiger partial charge in [-0.15, -0.1) is 0 Å². The van der Waals surface area contributed by atoms with Crippen LogP contribution in [-0.2, 0) is 6.54 Å². The van der Waals surface area contributed by atoms with E-state index in [1.54, 1.807) is 18.2 Å². The van der Waals surface area contributed by atoms with Crippen molar-refractivity contribution in [1.29, 1.82) is 0 Å². The summed E-state index contributed by atoms with van der Waals surface area (Å²) in [4.78, 5) is 0. The van der Waals surface area contributed by atoms with Crippen LogP contribution in [0.4, 0.5) is 4.39 Å². The van der Waals surface area contributed by atoms with Crippen molar-refractivity contribution in [3.05, 3.63) is 57.4 Å². The van der Waals surface area contributed by atoms with Crippen LogP contribution in [-0.4, -0.2) is 0 Å². The Morgan fingerprint density at radius 1 is 1.25 bits per heavy atom. The van der Waals surface area contributed by atoms with Gasteiger partial charge in [0, 0.05) is 15.7 Å². The molecule has 2 N–H and O–H groups in total. The fraction of sp³-hybridized carbons (Fsp3) is 0.0769. The molecule has 0 amide bonds. The smallest absolute Gasteiger partial charge is 0.131 e. The second-order valence-electron chi connectivity index (χ2n) is 3.42. The van der Waals surface area contributed by atoms with Crippen molar-refractivity contribution in [2.75, 3.05) is 0 Å². The summed E-state index contributed by atoms with van der Waals surface area (Å²) >= 11 is 2.19.